The molecule has 1 aromatic carbocycles. The van der Waals surface area contributed by atoms with Crippen molar-refractivity contribution in [1.29, 1.82) is 0 Å². The lowest BCUT2D eigenvalue weighted by Gasteiger charge is -2.08. The zero-order valence-electron chi connectivity index (χ0n) is 10.4. The second kappa shape index (κ2) is 6.34. The van der Waals surface area contributed by atoms with Crippen molar-refractivity contribution in [3.05, 3.63) is 39.4 Å². The molecule has 0 bridgehead atoms. The second-order valence-electron chi connectivity index (χ2n) is 3.53. The van der Waals surface area contributed by atoms with Crippen LogP contribution in [-0.2, 0) is 4.74 Å². The van der Waals surface area contributed by atoms with Crippen molar-refractivity contribution in [2.24, 2.45) is 0 Å². The molecule has 0 aromatic heterocycles. The number of nitro benzene ring substituents is 1. The number of ether oxygens (including phenoxy) is 1. The van der Waals surface area contributed by atoms with Crippen LogP contribution in [0.15, 0.2) is 18.2 Å². The van der Waals surface area contributed by atoms with Crippen molar-refractivity contribution in [1.82, 2.24) is 10.9 Å². The van der Waals surface area contributed by atoms with Crippen molar-refractivity contribution in [3.8, 4) is 0 Å². The van der Waals surface area contributed by atoms with Crippen LogP contribution in [0.5, 0.6) is 0 Å². The Balaban J connectivity index is 2.86. The molecule has 2 N–H and O–H groups in total. The van der Waals surface area contributed by atoms with Gasteiger partial charge in [-0.2, -0.15) is 0 Å². The average Bonchev–Trinajstić information content (AvgIpc) is 2.35. The van der Waals surface area contributed by atoms with Crippen LogP contribution in [0.25, 0.3) is 0 Å². The Bertz CT molecular complexity index is 515. The quantitative estimate of drug-likeness (QED) is 0.633. The van der Waals surface area contributed by atoms with Crippen molar-refractivity contribution in [3.63, 3.8) is 0 Å². The van der Waals surface area contributed by atoms with E-state index in [9.17, 15) is 19.7 Å². The van der Waals surface area contributed by atoms with Crippen LogP contribution < -0.4 is 10.9 Å². The number of para-hydroxylation sites is 1. The fraction of sp³-hybridized carbons (Fsp3) is 0.273. The number of nitro groups is 1. The van der Waals surface area contributed by atoms with E-state index in [1.54, 1.807) is 6.92 Å². The Morgan fingerprint density at radius 1 is 1.37 bits per heavy atom. The Morgan fingerprint density at radius 3 is 2.63 bits per heavy atom. The molecule has 0 saturated heterocycles. The van der Waals surface area contributed by atoms with Crippen molar-refractivity contribution in [2.75, 3.05) is 6.61 Å². The van der Waals surface area contributed by atoms with Crippen LogP contribution in [0, 0.1) is 17.0 Å². The predicted octanol–water partition coefficient (Wildman–Crippen LogP) is 1.29. The third kappa shape index (κ3) is 3.66. The first kappa shape index (κ1) is 14.4. The maximum atomic E-state index is 11.7. The van der Waals surface area contributed by atoms with Crippen LogP contribution in [0.3, 0.4) is 0 Å². The summed E-state index contributed by atoms with van der Waals surface area (Å²) in [6.07, 6.45) is -0.842. The maximum absolute atomic E-state index is 11.7. The molecule has 0 spiro atoms. The molecule has 8 heteroatoms. The van der Waals surface area contributed by atoms with Crippen LogP contribution in [-0.4, -0.2) is 23.5 Å². The van der Waals surface area contributed by atoms with Gasteiger partial charge in [-0.15, -0.1) is 0 Å². The first-order valence-corrected chi connectivity index (χ1v) is 5.44. The molecule has 0 radical (unpaired) electrons. The van der Waals surface area contributed by atoms with Gasteiger partial charge in [0.05, 0.1) is 11.5 Å². The molecule has 0 fully saturated rings. The van der Waals surface area contributed by atoms with Gasteiger partial charge >= 0.3 is 6.09 Å². The van der Waals surface area contributed by atoms with Gasteiger partial charge in [0.1, 0.15) is 5.56 Å². The summed E-state index contributed by atoms with van der Waals surface area (Å²) in [6, 6.07) is 4.34. The molecule has 102 valence electrons. The van der Waals surface area contributed by atoms with Crippen molar-refractivity contribution >= 4 is 17.7 Å². The largest absolute Gasteiger partial charge is 0.449 e. The molecule has 0 atom stereocenters. The highest BCUT2D eigenvalue weighted by atomic mass is 16.6. The molecular weight excluding hydrogens is 254 g/mol. The molecular formula is C11H13N3O5. The van der Waals surface area contributed by atoms with Gasteiger partial charge in [0.15, 0.2) is 0 Å². The predicted molar refractivity (Wildman–Crippen MR) is 65.5 cm³/mol. The molecule has 0 heterocycles. The molecule has 0 saturated carbocycles. The monoisotopic (exact) mass is 267 g/mol. The minimum atomic E-state index is -0.842. The zero-order chi connectivity index (χ0) is 14.4. The highest BCUT2D eigenvalue weighted by Gasteiger charge is 2.22. The Kier molecular flexibility index (Phi) is 4.81. The summed E-state index contributed by atoms with van der Waals surface area (Å²) < 4.78 is 4.53. The molecule has 19 heavy (non-hydrogen) atoms. The van der Waals surface area contributed by atoms with Gasteiger partial charge < -0.3 is 4.74 Å². The molecule has 1 rings (SSSR count). The van der Waals surface area contributed by atoms with E-state index in [2.05, 4.69) is 4.74 Å². The Hall–Kier alpha value is -2.64. The summed E-state index contributed by atoms with van der Waals surface area (Å²) in [5, 5.41) is 10.9. The first-order valence-electron chi connectivity index (χ1n) is 5.44. The van der Waals surface area contributed by atoms with Crippen molar-refractivity contribution < 1.29 is 19.2 Å². The summed E-state index contributed by atoms with van der Waals surface area (Å²) in [5.41, 5.74) is 3.94. The Morgan fingerprint density at radius 2 is 2.05 bits per heavy atom. The smallest absolute Gasteiger partial charge is 0.426 e. The van der Waals surface area contributed by atoms with Gasteiger partial charge in [-0.3, -0.25) is 20.3 Å². The van der Waals surface area contributed by atoms with Gasteiger partial charge in [-0.05, 0) is 19.9 Å². The SMILES string of the molecule is CCOC(=O)NNC(=O)c1cccc(C)c1[N+](=O)[O-]. The Labute approximate surface area is 108 Å². The van der Waals surface area contributed by atoms with Gasteiger partial charge in [0.2, 0.25) is 0 Å². The van der Waals surface area contributed by atoms with Crippen LogP contribution >= 0.6 is 0 Å². The number of hydrogen-bond acceptors (Lipinski definition) is 5. The number of carbonyl (C=O) groups excluding carboxylic acids is 2. The third-order valence-electron chi connectivity index (χ3n) is 2.22. The van der Waals surface area contributed by atoms with Gasteiger partial charge in [-0.1, -0.05) is 12.1 Å². The molecule has 0 aliphatic carbocycles. The normalized spacial score (nSPS) is 9.58. The fourth-order valence-electron chi connectivity index (χ4n) is 1.43. The number of rotatable bonds is 3. The van der Waals surface area contributed by atoms with E-state index in [0.717, 1.165) is 0 Å². The summed E-state index contributed by atoms with van der Waals surface area (Å²) >= 11 is 0. The summed E-state index contributed by atoms with van der Waals surface area (Å²) in [6.45, 7) is 3.27. The number of benzene rings is 1. The van der Waals surface area contributed by atoms with Crippen LogP contribution in [0.2, 0.25) is 0 Å². The van der Waals surface area contributed by atoms with Gasteiger partial charge in [-0.25, -0.2) is 10.2 Å². The summed E-state index contributed by atoms with van der Waals surface area (Å²) in [4.78, 5) is 33.0. The number of aryl methyl sites for hydroxylation is 1. The number of hydrazine groups is 1. The lowest BCUT2D eigenvalue weighted by Crippen LogP contribution is -2.42. The number of nitrogens with one attached hydrogen (secondary N) is 2. The molecule has 1 aromatic rings. The number of amides is 2. The number of hydrogen-bond donors (Lipinski definition) is 2. The maximum Gasteiger partial charge on any atom is 0.426 e. The molecule has 2 amide bonds. The molecule has 0 aliphatic rings. The van der Waals surface area contributed by atoms with E-state index >= 15 is 0 Å². The first-order chi connectivity index (χ1) is 8.97. The van der Waals surface area contributed by atoms with E-state index in [1.807, 2.05) is 10.9 Å². The third-order valence-corrected chi connectivity index (χ3v) is 2.22. The van der Waals surface area contributed by atoms with Crippen LogP contribution in [0.4, 0.5) is 10.5 Å². The molecule has 8 nitrogen and oxygen atoms in total. The highest BCUT2D eigenvalue weighted by Crippen LogP contribution is 2.22. The minimum Gasteiger partial charge on any atom is -0.449 e. The van der Waals surface area contributed by atoms with Crippen LogP contribution in [0.1, 0.15) is 22.8 Å². The molecule has 0 unspecified atom stereocenters. The van der Waals surface area contributed by atoms with E-state index < -0.39 is 16.9 Å². The topological polar surface area (TPSA) is 111 Å². The number of nitrogens with zero attached hydrogens (tertiary/aromatic N) is 1. The fourth-order valence-corrected chi connectivity index (χ4v) is 1.43. The van der Waals surface area contributed by atoms with Crippen molar-refractivity contribution in [2.45, 2.75) is 13.8 Å². The average molecular weight is 267 g/mol. The van der Waals surface area contributed by atoms with Gasteiger partial charge in [0, 0.05) is 5.56 Å². The van der Waals surface area contributed by atoms with E-state index in [1.165, 1.54) is 25.1 Å². The van der Waals surface area contributed by atoms with Gasteiger partial charge in [0.25, 0.3) is 11.6 Å². The lowest BCUT2D eigenvalue weighted by atomic mass is 10.1. The zero-order valence-corrected chi connectivity index (χ0v) is 10.4. The van der Waals surface area contributed by atoms with E-state index in [4.69, 9.17) is 0 Å². The van der Waals surface area contributed by atoms with E-state index in [0.29, 0.717) is 5.56 Å². The number of carbonyl (C=O) groups is 2. The van der Waals surface area contributed by atoms with E-state index in [-0.39, 0.29) is 17.9 Å². The molecule has 0 aliphatic heterocycles. The standard InChI is InChI=1S/C11H13N3O5/c1-3-19-11(16)13-12-10(15)8-6-4-5-7(2)9(8)14(17)18/h4-6H,3H2,1-2H3,(H,12,15)(H,13,16). The lowest BCUT2D eigenvalue weighted by molar-refractivity contribution is -0.385. The summed E-state index contributed by atoms with van der Waals surface area (Å²) in [5.74, 6) is -0.788. The highest BCUT2D eigenvalue weighted by molar-refractivity contribution is 5.99. The second-order valence-corrected chi connectivity index (χ2v) is 3.53. The minimum absolute atomic E-state index is 0.137. The summed E-state index contributed by atoms with van der Waals surface area (Å²) in [7, 11) is 0.